The zero-order valence-corrected chi connectivity index (χ0v) is 19.7. The van der Waals surface area contributed by atoms with Gasteiger partial charge in [-0.1, -0.05) is 19.1 Å². The number of piperidine rings is 1. The van der Waals surface area contributed by atoms with Crippen LogP contribution in [0.15, 0.2) is 29.3 Å². The number of carbonyl (C=O) groups is 1. The Balaban J connectivity index is 1.91. The van der Waals surface area contributed by atoms with Gasteiger partial charge in [0.25, 0.3) is 5.91 Å². The van der Waals surface area contributed by atoms with Gasteiger partial charge in [-0.2, -0.15) is 0 Å². The first-order chi connectivity index (χ1) is 15.1. The summed E-state index contributed by atoms with van der Waals surface area (Å²) in [6.45, 7) is 10.9. The minimum absolute atomic E-state index is 0.0281. The SMILES string of the molecule is CCNC(=NCc1cccc(C(=O)NC(C)CC)c1)N1CCC(OCCCOC)CC1. The molecule has 1 fully saturated rings. The van der Waals surface area contributed by atoms with E-state index in [4.69, 9.17) is 14.5 Å². The van der Waals surface area contributed by atoms with Crippen LogP contribution in [0.25, 0.3) is 0 Å². The molecule has 0 saturated carbocycles. The molecule has 1 saturated heterocycles. The van der Waals surface area contributed by atoms with Gasteiger partial charge in [0.15, 0.2) is 5.96 Å². The average Bonchev–Trinajstić information content (AvgIpc) is 2.80. The van der Waals surface area contributed by atoms with Gasteiger partial charge in [-0.3, -0.25) is 4.79 Å². The third-order valence-electron chi connectivity index (χ3n) is 5.51. The second kappa shape index (κ2) is 14.0. The van der Waals surface area contributed by atoms with E-state index in [2.05, 4.69) is 29.4 Å². The van der Waals surface area contributed by atoms with Gasteiger partial charge in [0.2, 0.25) is 0 Å². The molecular weight excluding hydrogens is 392 g/mol. The highest BCUT2D eigenvalue weighted by molar-refractivity contribution is 5.94. The van der Waals surface area contributed by atoms with Gasteiger partial charge in [-0.25, -0.2) is 4.99 Å². The number of benzene rings is 1. The van der Waals surface area contributed by atoms with Gasteiger partial charge in [0.1, 0.15) is 0 Å². The maximum absolute atomic E-state index is 12.4. The fourth-order valence-corrected chi connectivity index (χ4v) is 3.50. The fraction of sp³-hybridized carbons (Fsp3) is 0.667. The van der Waals surface area contributed by atoms with Crippen LogP contribution < -0.4 is 10.6 Å². The normalized spacial score (nSPS) is 16.3. The molecule has 1 aromatic rings. The molecule has 0 bridgehead atoms. The number of amides is 1. The molecule has 0 radical (unpaired) electrons. The van der Waals surface area contributed by atoms with Gasteiger partial charge >= 0.3 is 0 Å². The van der Waals surface area contributed by atoms with E-state index in [1.807, 2.05) is 31.2 Å². The highest BCUT2D eigenvalue weighted by Crippen LogP contribution is 2.15. The lowest BCUT2D eigenvalue weighted by Crippen LogP contribution is -2.47. The van der Waals surface area contributed by atoms with Crippen LogP contribution in [0.4, 0.5) is 0 Å². The number of hydrogen-bond acceptors (Lipinski definition) is 4. The lowest BCUT2D eigenvalue weighted by Gasteiger charge is -2.34. The maximum Gasteiger partial charge on any atom is 0.251 e. The second-order valence-electron chi connectivity index (χ2n) is 8.06. The number of hydrogen-bond donors (Lipinski definition) is 2. The summed E-state index contributed by atoms with van der Waals surface area (Å²) in [6.07, 6.45) is 4.17. The topological polar surface area (TPSA) is 75.2 Å². The van der Waals surface area contributed by atoms with Crippen molar-refractivity contribution < 1.29 is 14.3 Å². The van der Waals surface area contributed by atoms with Crippen molar-refractivity contribution in [2.75, 3.05) is 40.0 Å². The second-order valence-corrected chi connectivity index (χ2v) is 8.06. The van der Waals surface area contributed by atoms with Crippen molar-refractivity contribution in [1.82, 2.24) is 15.5 Å². The standard InChI is InChI=1S/C24H40N4O3/c1-5-19(3)27-23(29)21-10-7-9-20(17-21)18-26-24(25-6-2)28-13-11-22(12-14-28)31-16-8-15-30-4/h7,9-10,17,19,22H,5-6,8,11-16,18H2,1-4H3,(H,25,26)(H,27,29). The fourth-order valence-electron chi connectivity index (χ4n) is 3.50. The average molecular weight is 433 g/mol. The van der Waals surface area contributed by atoms with Crippen molar-refractivity contribution in [1.29, 1.82) is 0 Å². The number of rotatable bonds is 11. The van der Waals surface area contributed by atoms with Crippen LogP contribution in [0.5, 0.6) is 0 Å². The number of ether oxygens (including phenoxy) is 2. The van der Waals surface area contributed by atoms with Crippen molar-refractivity contribution >= 4 is 11.9 Å². The third kappa shape index (κ3) is 8.87. The van der Waals surface area contributed by atoms with Crippen LogP contribution in [-0.4, -0.2) is 68.9 Å². The number of nitrogens with one attached hydrogen (secondary N) is 2. The molecule has 0 spiro atoms. The lowest BCUT2D eigenvalue weighted by atomic mass is 10.1. The Bertz CT molecular complexity index is 687. The summed E-state index contributed by atoms with van der Waals surface area (Å²) in [4.78, 5) is 19.6. The molecule has 1 atom stereocenters. The van der Waals surface area contributed by atoms with E-state index in [1.165, 1.54) is 0 Å². The largest absolute Gasteiger partial charge is 0.385 e. The van der Waals surface area contributed by atoms with Crippen LogP contribution in [0.2, 0.25) is 0 Å². The summed E-state index contributed by atoms with van der Waals surface area (Å²) in [5.74, 6) is 0.898. The number of carbonyl (C=O) groups excluding carboxylic acids is 1. The monoisotopic (exact) mass is 432 g/mol. The van der Waals surface area contributed by atoms with Crippen LogP contribution in [0.1, 0.15) is 62.4 Å². The van der Waals surface area contributed by atoms with Gasteiger partial charge in [-0.05, 0) is 57.2 Å². The van der Waals surface area contributed by atoms with E-state index in [1.54, 1.807) is 7.11 Å². The number of methoxy groups -OCH3 is 1. The molecule has 0 aliphatic carbocycles. The van der Waals surface area contributed by atoms with Crippen molar-refractivity contribution in [3.05, 3.63) is 35.4 Å². The summed E-state index contributed by atoms with van der Waals surface area (Å²) in [5, 5.41) is 6.43. The highest BCUT2D eigenvalue weighted by Gasteiger charge is 2.21. The maximum atomic E-state index is 12.4. The quantitative estimate of drug-likeness (QED) is 0.319. The Kier molecular flexibility index (Phi) is 11.4. The van der Waals surface area contributed by atoms with E-state index >= 15 is 0 Å². The van der Waals surface area contributed by atoms with Gasteiger partial charge in [0, 0.05) is 51.6 Å². The zero-order valence-electron chi connectivity index (χ0n) is 19.7. The smallest absolute Gasteiger partial charge is 0.251 e. The van der Waals surface area contributed by atoms with E-state index in [-0.39, 0.29) is 11.9 Å². The summed E-state index contributed by atoms with van der Waals surface area (Å²) in [6, 6.07) is 7.91. The molecule has 31 heavy (non-hydrogen) atoms. The summed E-state index contributed by atoms with van der Waals surface area (Å²) in [7, 11) is 1.72. The Morgan fingerprint density at radius 2 is 2.03 bits per heavy atom. The first kappa shape index (κ1) is 25.1. The number of nitrogens with zero attached hydrogens (tertiary/aromatic N) is 2. The van der Waals surface area contributed by atoms with E-state index in [0.29, 0.717) is 18.2 Å². The molecule has 7 heteroatoms. The molecule has 0 aromatic heterocycles. The Morgan fingerprint density at radius 3 is 2.71 bits per heavy atom. The Hall–Kier alpha value is -2.12. The molecule has 7 nitrogen and oxygen atoms in total. The molecule has 174 valence electrons. The Labute approximate surface area is 187 Å². The minimum Gasteiger partial charge on any atom is -0.385 e. The van der Waals surface area contributed by atoms with Crippen molar-refractivity contribution in [3.8, 4) is 0 Å². The van der Waals surface area contributed by atoms with E-state index in [0.717, 1.165) is 70.1 Å². The molecule has 1 aliphatic rings. The molecule has 2 rings (SSSR count). The molecule has 2 N–H and O–H groups in total. The Morgan fingerprint density at radius 1 is 1.26 bits per heavy atom. The van der Waals surface area contributed by atoms with Gasteiger partial charge in [0.05, 0.1) is 12.6 Å². The number of aliphatic imine (C=N–C) groups is 1. The molecule has 1 amide bonds. The van der Waals surface area contributed by atoms with Crippen LogP contribution in [0, 0.1) is 0 Å². The predicted molar refractivity (Wildman–Crippen MR) is 126 cm³/mol. The highest BCUT2D eigenvalue weighted by atomic mass is 16.5. The predicted octanol–water partition coefficient (Wildman–Crippen LogP) is 3.20. The van der Waals surface area contributed by atoms with E-state index in [9.17, 15) is 4.79 Å². The zero-order chi connectivity index (χ0) is 22.5. The number of guanidine groups is 1. The number of likely N-dealkylation sites (tertiary alicyclic amines) is 1. The van der Waals surface area contributed by atoms with E-state index < -0.39 is 0 Å². The van der Waals surface area contributed by atoms with Crippen molar-refractivity contribution in [3.63, 3.8) is 0 Å². The molecule has 1 aromatic carbocycles. The summed E-state index contributed by atoms with van der Waals surface area (Å²) in [5.41, 5.74) is 1.72. The third-order valence-corrected chi connectivity index (χ3v) is 5.51. The van der Waals surface area contributed by atoms with Crippen molar-refractivity contribution in [2.24, 2.45) is 4.99 Å². The first-order valence-electron chi connectivity index (χ1n) is 11.6. The van der Waals surface area contributed by atoms with Crippen LogP contribution in [-0.2, 0) is 16.0 Å². The van der Waals surface area contributed by atoms with Gasteiger partial charge < -0.3 is 25.0 Å². The molecule has 1 unspecified atom stereocenters. The van der Waals surface area contributed by atoms with Crippen LogP contribution in [0.3, 0.4) is 0 Å². The summed E-state index contributed by atoms with van der Waals surface area (Å²) < 4.78 is 11.0. The molecular formula is C24H40N4O3. The minimum atomic E-state index is -0.0281. The van der Waals surface area contributed by atoms with Crippen molar-refractivity contribution in [2.45, 2.75) is 65.1 Å². The lowest BCUT2D eigenvalue weighted by molar-refractivity contribution is 0.00990. The first-order valence-corrected chi connectivity index (χ1v) is 11.6. The van der Waals surface area contributed by atoms with Crippen LogP contribution >= 0.6 is 0 Å². The molecule has 1 aliphatic heterocycles. The molecule has 1 heterocycles. The summed E-state index contributed by atoms with van der Waals surface area (Å²) >= 11 is 0. The van der Waals surface area contributed by atoms with Gasteiger partial charge in [-0.15, -0.1) is 0 Å².